The van der Waals surface area contributed by atoms with Crippen molar-refractivity contribution < 1.29 is 0 Å². The Morgan fingerprint density at radius 2 is 2.25 bits per heavy atom. The molecule has 0 saturated heterocycles. The predicted molar refractivity (Wildman–Crippen MR) is 65.0 cm³/mol. The van der Waals surface area contributed by atoms with Crippen molar-refractivity contribution in [3.8, 4) is 6.07 Å². The Balaban J connectivity index is 2.83. The van der Waals surface area contributed by atoms with E-state index in [1.165, 1.54) is 0 Å². The highest BCUT2D eigenvalue weighted by molar-refractivity contribution is 5.59. The van der Waals surface area contributed by atoms with Crippen LogP contribution in [0.5, 0.6) is 0 Å². The Labute approximate surface area is 96.3 Å². The smallest absolute Gasteiger partial charge is 0.171 e. The molecule has 0 bridgehead atoms. The molecule has 0 spiro atoms. The van der Waals surface area contributed by atoms with E-state index in [2.05, 4.69) is 34.8 Å². The third-order valence-electron chi connectivity index (χ3n) is 2.21. The molecule has 0 atom stereocenters. The number of anilines is 2. The van der Waals surface area contributed by atoms with Crippen molar-refractivity contribution in [2.75, 3.05) is 23.7 Å². The molecule has 0 aromatic carbocycles. The van der Waals surface area contributed by atoms with Crippen molar-refractivity contribution in [2.45, 2.75) is 27.2 Å². The van der Waals surface area contributed by atoms with Gasteiger partial charge in [0.25, 0.3) is 0 Å². The number of hydrogen-bond acceptors (Lipinski definition) is 4. The minimum atomic E-state index is 0.484. The molecule has 88 valence electrons. The minimum absolute atomic E-state index is 0.484. The molecule has 0 saturated carbocycles. The molecule has 5 heteroatoms. The number of rotatable bonds is 5. The summed E-state index contributed by atoms with van der Waals surface area (Å²) in [5.41, 5.74) is 5.85. The van der Waals surface area contributed by atoms with Crippen LogP contribution in [0.25, 0.3) is 0 Å². The first kappa shape index (κ1) is 12.4. The van der Waals surface area contributed by atoms with Crippen molar-refractivity contribution >= 4 is 11.6 Å². The number of aromatic nitrogens is 2. The van der Waals surface area contributed by atoms with Gasteiger partial charge in [0.05, 0.1) is 12.5 Å². The molecule has 0 aliphatic carbocycles. The maximum atomic E-state index is 8.63. The number of aromatic amines is 1. The van der Waals surface area contributed by atoms with Gasteiger partial charge in [0.15, 0.2) is 5.82 Å². The van der Waals surface area contributed by atoms with Gasteiger partial charge in [-0.2, -0.15) is 5.26 Å². The van der Waals surface area contributed by atoms with Gasteiger partial charge in [0.1, 0.15) is 11.6 Å². The lowest BCUT2D eigenvalue weighted by molar-refractivity contribution is 0.609. The van der Waals surface area contributed by atoms with Crippen molar-refractivity contribution in [3.63, 3.8) is 0 Å². The number of nitrogen functional groups attached to an aromatic ring is 1. The molecule has 0 amide bonds. The zero-order valence-corrected chi connectivity index (χ0v) is 10.1. The lowest BCUT2D eigenvalue weighted by atomic mass is 10.2. The highest BCUT2D eigenvalue weighted by Crippen LogP contribution is 2.21. The number of nitriles is 1. The van der Waals surface area contributed by atoms with Gasteiger partial charge in [-0.1, -0.05) is 13.8 Å². The number of hydrogen-bond donors (Lipinski definition) is 2. The van der Waals surface area contributed by atoms with Crippen molar-refractivity contribution in [1.82, 2.24) is 9.97 Å². The first-order valence-corrected chi connectivity index (χ1v) is 5.48. The highest BCUT2D eigenvalue weighted by Gasteiger charge is 2.14. The van der Waals surface area contributed by atoms with Crippen LogP contribution < -0.4 is 10.6 Å². The largest absolute Gasteiger partial charge is 0.382 e. The van der Waals surface area contributed by atoms with Gasteiger partial charge >= 0.3 is 0 Å². The van der Waals surface area contributed by atoms with Gasteiger partial charge in [-0.3, -0.25) is 0 Å². The van der Waals surface area contributed by atoms with E-state index in [-0.39, 0.29) is 0 Å². The molecule has 1 heterocycles. The summed E-state index contributed by atoms with van der Waals surface area (Å²) in [6.07, 6.45) is 0.484. The van der Waals surface area contributed by atoms with E-state index in [9.17, 15) is 0 Å². The first-order chi connectivity index (χ1) is 7.54. The second kappa shape index (κ2) is 5.40. The summed E-state index contributed by atoms with van der Waals surface area (Å²) in [6, 6.07) is 2.15. The average molecular weight is 221 g/mol. The van der Waals surface area contributed by atoms with E-state index in [0.717, 1.165) is 18.2 Å². The Morgan fingerprint density at radius 3 is 2.69 bits per heavy atom. The second-order valence-corrected chi connectivity index (χ2v) is 4.31. The van der Waals surface area contributed by atoms with E-state index in [1.807, 2.05) is 6.92 Å². The van der Waals surface area contributed by atoms with Crippen LogP contribution in [0.4, 0.5) is 11.6 Å². The average Bonchev–Trinajstić information content (AvgIpc) is 2.52. The van der Waals surface area contributed by atoms with Crippen LogP contribution in [0.15, 0.2) is 0 Å². The fourth-order valence-corrected chi connectivity index (χ4v) is 1.65. The van der Waals surface area contributed by atoms with Crippen molar-refractivity contribution in [3.05, 3.63) is 5.82 Å². The number of nitrogens with zero attached hydrogens (tertiary/aromatic N) is 3. The Morgan fingerprint density at radius 1 is 1.56 bits per heavy atom. The molecule has 1 aromatic rings. The van der Waals surface area contributed by atoms with Gasteiger partial charge in [0, 0.05) is 13.1 Å². The standard InChI is InChI=1S/C11H19N5/c1-8(2)7-16(6-4-5-12)11-10(13)14-9(3)15-11/h8H,4,6-7,13H2,1-3H3,(H,14,15). The molecule has 16 heavy (non-hydrogen) atoms. The predicted octanol–water partition coefficient (Wildman–Crippen LogP) is 1.68. The SMILES string of the molecule is Cc1nc(N(CCC#N)CC(C)C)c(N)[nH]1. The van der Waals surface area contributed by atoms with Crippen LogP contribution in [-0.4, -0.2) is 23.1 Å². The molecule has 0 aliphatic heterocycles. The summed E-state index contributed by atoms with van der Waals surface area (Å²) in [5, 5.41) is 8.63. The Hall–Kier alpha value is -1.70. The number of aryl methyl sites for hydroxylation is 1. The molecule has 0 aliphatic rings. The minimum Gasteiger partial charge on any atom is -0.382 e. The normalized spacial score (nSPS) is 10.4. The van der Waals surface area contributed by atoms with Gasteiger partial charge < -0.3 is 15.6 Å². The number of imidazole rings is 1. The van der Waals surface area contributed by atoms with E-state index in [0.29, 0.717) is 24.7 Å². The maximum absolute atomic E-state index is 8.63. The lowest BCUT2D eigenvalue weighted by Crippen LogP contribution is -2.29. The third kappa shape index (κ3) is 3.16. The summed E-state index contributed by atoms with van der Waals surface area (Å²) < 4.78 is 0. The van der Waals surface area contributed by atoms with Crippen LogP contribution in [0.2, 0.25) is 0 Å². The molecule has 0 radical (unpaired) electrons. The molecule has 0 fully saturated rings. The van der Waals surface area contributed by atoms with E-state index in [1.54, 1.807) is 0 Å². The van der Waals surface area contributed by atoms with Gasteiger partial charge in [-0.05, 0) is 12.8 Å². The zero-order valence-electron chi connectivity index (χ0n) is 10.1. The summed E-state index contributed by atoms with van der Waals surface area (Å²) in [6.45, 7) is 7.67. The van der Waals surface area contributed by atoms with Crippen molar-refractivity contribution in [2.24, 2.45) is 5.92 Å². The highest BCUT2D eigenvalue weighted by atomic mass is 15.2. The fraction of sp³-hybridized carbons (Fsp3) is 0.636. The fourth-order valence-electron chi connectivity index (χ4n) is 1.65. The second-order valence-electron chi connectivity index (χ2n) is 4.31. The zero-order chi connectivity index (χ0) is 12.1. The maximum Gasteiger partial charge on any atom is 0.171 e. The van der Waals surface area contributed by atoms with E-state index in [4.69, 9.17) is 11.0 Å². The molecule has 1 aromatic heterocycles. The molecule has 3 N–H and O–H groups in total. The van der Waals surface area contributed by atoms with Crippen LogP contribution in [0, 0.1) is 24.2 Å². The topological polar surface area (TPSA) is 81.7 Å². The monoisotopic (exact) mass is 221 g/mol. The van der Waals surface area contributed by atoms with Gasteiger partial charge in [0.2, 0.25) is 0 Å². The van der Waals surface area contributed by atoms with Crippen LogP contribution >= 0.6 is 0 Å². The van der Waals surface area contributed by atoms with Gasteiger partial charge in [-0.25, -0.2) is 4.98 Å². The molecule has 0 unspecified atom stereocenters. The number of H-pyrrole nitrogens is 1. The van der Waals surface area contributed by atoms with Crippen molar-refractivity contribution in [1.29, 1.82) is 5.26 Å². The Bertz CT molecular complexity index is 374. The first-order valence-electron chi connectivity index (χ1n) is 5.48. The van der Waals surface area contributed by atoms with E-state index >= 15 is 0 Å². The summed E-state index contributed by atoms with van der Waals surface area (Å²) >= 11 is 0. The number of nitrogens with two attached hydrogens (primary N) is 1. The molecular weight excluding hydrogens is 202 g/mol. The summed E-state index contributed by atoms with van der Waals surface area (Å²) in [5.74, 6) is 2.66. The van der Waals surface area contributed by atoms with Crippen LogP contribution in [0.3, 0.4) is 0 Å². The van der Waals surface area contributed by atoms with Gasteiger partial charge in [-0.15, -0.1) is 0 Å². The summed E-state index contributed by atoms with van der Waals surface area (Å²) in [7, 11) is 0. The van der Waals surface area contributed by atoms with Crippen LogP contribution in [-0.2, 0) is 0 Å². The lowest BCUT2D eigenvalue weighted by Gasteiger charge is -2.23. The third-order valence-corrected chi connectivity index (χ3v) is 2.21. The molecular formula is C11H19N5. The molecule has 1 rings (SSSR count). The quantitative estimate of drug-likeness (QED) is 0.792. The summed E-state index contributed by atoms with van der Waals surface area (Å²) in [4.78, 5) is 9.39. The Kier molecular flexibility index (Phi) is 4.18. The van der Waals surface area contributed by atoms with E-state index < -0.39 is 0 Å². The number of nitrogens with one attached hydrogen (secondary N) is 1. The molecule has 5 nitrogen and oxygen atoms in total. The van der Waals surface area contributed by atoms with Crippen LogP contribution in [0.1, 0.15) is 26.1 Å².